The highest BCUT2D eigenvalue weighted by molar-refractivity contribution is 9.10. The van der Waals surface area contributed by atoms with Crippen molar-refractivity contribution in [1.82, 2.24) is 5.32 Å². The van der Waals surface area contributed by atoms with Crippen molar-refractivity contribution >= 4 is 15.9 Å². The lowest BCUT2D eigenvalue weighted by Gasteiger charge is -2.08. The predicted molar refractivity (Wildman–Crippen MR) is 74.5 cm³/mol. The Labute approximate surface area is 119 Å². The SMILES string of the molecule is CCNCc1occc1COc1ccc(Br)cc1F. The maximum absolute atomic E-state index is 13.6. The van der Waals surface area contributed by atoms with E-state index in [9.17, 15) is 4.39 Å². The Morgan fingerprint density at radius 1 is 1.37 bits per heavy atom. The highest BCUT2D eigenvalue weighted by Crippen LogP contribution is 2.23. The lowest BCUT2D eigenvalue weighted by Crippen LogP contribution is -2.12. The molecule has 1 aromatic heterocycles. The minimum Gasteiger partial charge on any atom is -0.486 e. The van der Waals surface area contributed by atoms with Crippen LogP contribution in [0.3, 0.4) is 0 Å². The van der Waals surface area contributed by atoms with Crippen molar-refractivity contribution in [3.8, 4) is 5.75 Å². The smallest absolute Gasteiger partial charge is 0.166 e. The molecule has 3 nitrogen and oxygen atoms in total. The Hall–Kier alpha value is -1.33. The lowest BCUT2D eigenvalue weighted by molar-refractivity contribution is 0.286. The van der Waals surface area contributed by atoms with E-state index in [2.05, 4.69) is 21.2 Å². The van der Waals surface area contributed by atoms with Gasteiger partial charge in [-0.05, 0) is 30.8 Å². The average molecular weight is 328 g/mol. The fourth-order valence-corrected chi connectivity index (χ4v) is 1.97. The molecule has 0 aliphatic rings. The number of furan rings is 1. The summed E-state index contributed by atoms with van der Waals surface area (Å²) in [5.41, 5.74) is 0.920. The van der Waals surface area contributed by atoms with Crippen LogP contribution in [0.2, 0.25) is 0 Å². The maximum Gasteiger partial charge on any atom is 0.166 e. The zero-order valence-corrected chi connectivity index (χ0v) is 12.2. The third-order valence-electron chi connectivity index (χ3n) is 2.65. The number of nitrogens with one attached hydrogen (secondary N) is 1. The minimum atomic E-state index is -0.383. The molecule has 0 saturated heterocycles. The van der Waals surface area contributed by atoms with Crippen molar-refractivity contribution in [2.24, 2.45) is 0 Å². The van der Waals surface area contributed by atoms with Crippen LogP contribution in [0, 0.1) is 5.82 Å². The van der Waals surface area contributed by atoms with Crippen LogP contribution in [0.4, 0.5) is 4.39 Å². The summed E-state index contributed by atoms with van der Waals surface area (Å²) >= 11 is 3.21. The number of hydrogen-bond donors (Lipinski definition) is 1. The molecule has 0 spiro atoms. The predicted octanol–water partition coefficient (Wildman–Crippen LogP) is 3.87. The molecular weight excluding hydrogens is 313 g/mol. The average Bonchev–Trinajstić information content (AvgIpc) is 2.83. The molecule has 0 saturated carbocycles. The Bertz CT molecular complexity index is 542. The molecule has 0 aliphatic heterocycles. The number of halogens is 2. The molecule has 102 valence electrons. The normalized spacial score (nSPS) is 10.7. The van der Waals surface area contributed by atoms with Gasteiger partial charge in [-0.15, -0.1) is 0 Å². The summed E-state index contributed by atoms with van der Waals surface area (Å²) in [6, 6.07) is 6.56. The molecule has 1 N–H and O–H groups in total. The van der Waals surface area contributed by atoms with Gasteiger partial charge in [0.2, 0.25) is 0 Å². The summed E-state index contributed by atoms with van der Waals surface area (Å²) in [6.07, 6.45) is 1.61. The van der Waals surface area contributed by atoms with Gasteiger partial charge in [-0.3, -0.25) is 0 Å². The topological polar surface area (TPSA) is 34.4 Å². The van der Waals surface area contributed by atoms with Crippen molar-refractivity contribution in [2.75, 3.05) is 6.54 Å². The zero-order valence-electron chi connectivity index (χ0n) is 10.6. The minimum absolute atomic E-state index is 0.235. The second-order valence-corrected chi connectivity index (χ2v) is 4.93. The van der Waals surface area contributed by atoms with Gasteiger partial charge in [0.15, 0.2) is 11.6 Å². The van der Waals surface area contributed by atoms with Gasteiger partial charge in [-0.2, -0.15) is 0 Å². The van der Waals surface area contributed by atoms with Crippen LogP contribution in [0.5, 0.6) is 5.75 Å². The second-order valence-electron chi connectivity index (χ2n) is 4.01. The van der Waals surface area contributed by atoms with Crippen LogP contribution in [-0.4, -0.2) is 6.54 Å². The van der Waals surface area contributed by atoms with E-state index in [-0.39, 0.29) is 18.2 Å². The molecule has 2 aromatic rings. The van der Waals surface area contributed by atoms with Crippen molar-refractivity contribution in [1.29, 1.82) is 0 Å². The molecule has 19 heavy (non-hydrogen) atoms. The monoisotopic (exact) mass is 327 g/mol. The van der Waals surface area contributed by atoms with Crippen LogP contribution < -0.4 is 10.1 Å². The van der Waals surface area contributed by atoms with Gasteiger partial charge in [0, 0.05) is 10.0 Å². The quantitative estimate of drug-likeness (QED) is 0.874. The van der Waals surface area contributed by atoms with Gasteiger partial charge in [0.1, 0.15) is 12.4 Å². The van der Waals surface area contributed by atoms with Crippen LogP contribution in [0.15, 0.2) is 39.4 Å². The van der Waals surface area contributed by atoms with Gasteiger partial charge in [-0.1, -0.05) is 22.9 Å². The molecule has 0 amide bonds. The van der Waals surface area contributed by atoms with Crippen LogP contribution in [0.1, 0.15) is 18.2 Å². The lowest BCUT2D eigenvalue weighted by atomic mass is 10.2. The molecule has 0 atom stereocenters. The maximum atomic E-state index is 13.6. The zero-order chi connectivity index (χ0) is 13.7. The second kappa shape index (κ2) is 6.73. The Kier molecular flexibility index (Phi) is 4.99. The van der Waals surface area contributed by atoms with E-state index < -0.39 is 0 Å². The van der Waals surface area contributed by atoms with Crippen LogP contribution in [0.25, 0.3) is 0 Å². The summed E-state index contributed by atoms with van der Waals surface area (Å²) in [6.45, 7) is 3.82. The van der Waals surface area contributed by atoms with E-state index in [0.717, 1.165) is 17.9 Å². The summed E-state index contributed by atoms with van der Waals surface area (Å²) in [5, 5.41) is 3.18. The summed E-state index contributed by atoms with van der Waals surface area (Å²) < 4.78 is 25.1. The molecule has 0 radical (unpaired) electrons. The fourth-order valence-electron chi connectivity index (χ4n) is 1.64. The van der Waals surface area contributed by atoms with Crippen LogP contribution in [-0.2, 0) is 13.2 Å². The Morgan fingerprint density at radius 3 is 2.95 bits per heavy atom. The third-order valence-corrected chi connectivity index (χ3v) is 3.14. The summed E-state index contributed by atoms with van der Waals surface area (Å²) in [4.78, 5) is 0. The standard InChI is InChI=1S/C14H15BrFNO2/c1-2-17-8-14-10(5-6-18-14)9-19-13-4-3-11(15)7-12(13)16/h3-7,17H,2,8-9H2,1H3. The van der Waals surface area contributed by atoms with E-state index in [1.807, 2.05) is 13.0 Å². The highest BCUT2D eigenvalue weighted by Gasteiger charge is 2.09. The van der Waals surface area contributed by atoms with Crippen LogP contribution >= 0.6 is 15.9 Å². The first-order valence-corrected chi connectivity index (χ1v) is 6.83. The van der Waals surface area contributed by atoms with E-state index in [1.165, 1.54) is 6.07 Å². The van der Waals surface area contributed by atoms with Crippen molar-refractivity contribution in [3.05, 3.63) is 52.1 Å². The molecule has 1 aromatic carbocycles. The summed E-state index contributed by atoms with van der Waals surface area (Å²) in [7, 11) is 0. The molecular formula is C14H15BrFNO2. The number of ether oxygens (including phenoxy) is 1. The largest absolute Gasteiger partial charge is 0.486 e. The van der Waals surface area contributed by atoms with E-state index in [1.54, 1.807) is 18.4 Å². The Balaban J connectivity index is 2.00. The number of rotatable bonds is 6. The van der Waals surface area contributed by atoms with Crippen molar-refractivity contribution in [3.63, 3.8) is 0 Å². The van der Waals surface area contributed by atoms with Gasteiger partial charge >= 0.3 is 0 Å². The van der Waals surface area contributed by atoms with E-state index in [0.29, 0.717) is 11.0 Å². The van der Waals surface area contributed by atoms with Crippen molar-refractivity contribution < 1.29 is 13.5 Å². The first kappa shape index (κ1) is 14.1. The molecule has 0 bridgehead atoms. The molecule has 1 heterocycles. The number of benzene rings is 1. The first-order chi connectivity index (χ1) is 9.20. The van der Waals surface area contributed by atoms with Gasteiger partial charge in [-0.25, -0.2) is 4.39 Å². The van der Waals surface area contributed by atoms with Gasteiger partial charge < -0.3 is 14.5 Å². The van der Waals surface area contributed by atoms with Gasteiger partial charge in [0.05, 0.1) is 12.8 Å². The molecule has 0 aliphatic carbocycles. The van der Waals surface area contributed by atoms with E-state index >= 15 is 0 Å². The van der Waals surface area contributed by atoms with Crippen molar-refractivity contribution in [2.45, 2.75) is 20.1 Å². The molecule has 5 heteroatoms. The molecule has 0 fully saturated rings. The Morgan fingerprint density at radius 2 is 2.21 bits per heavy atom. The summed E-state index contributed by atoms with van der Waals surface area (Å²) in [5.74, 6) is 0.671. The highest BCUT2D eigenvalue weighted by atomic mass is 79.9. The first-order valence-electron chi connectivity index (χ1n) is 6.04. The van der Waals surface area contributed by atoms with Gasteiger partial charge in [0.25, 0.3) is 0 Å². The molecule has 2 rings (SSSR count). The van der Waals surface area contributed by atoms with E-state index in [4.69, 9.17) is 9.15 Å². The number of hydrogen-bond acceptors (Lipinski definition) is 3. The third kappa shape index (κ3) is 3.81. The fraction of sp³-hybridized carbons (Fsp3) is 0.286. The molecule has 0 unspecified atom stereocenters.